The van der Waals surface area contributed by atoms with Gasteiger partial charge in [-0.3, -0.25) is 9.48 Å². The Morgan fingerprint density at radius 2 is 2.00 bits per heavy atom. The Hall–Kier alpha value is -2.75. The fourth-order valence-corrected chi connectivity index (χ4v) is 2.91. The molecule has 3 rings (SSSR count). The highest BCUT2D eigenvalue weighted by atomic mass is 79.9. The third-order valence-electron chi connectivity index (χ3n) is 4.05. The van der Waals surface area contributed by atoms with Crippen LogP contribution in [-0.4, -0.2) is 32.1 Å². The summed E-state index contributed by atoms with van der Waals surface area (Å²) in [7, 11) is 0. The number of aryl methyl sites for hydroxylation is 2. The van der Waals surface area contributed by atoms with Crippen molar-refractivity contribution in [3.05, 3.63) is 57.6 Å². The molecule has 2 heterocycles. The number of hydrogen-bond acceptors (Lipinski definition) is 4. The number of amides is 1. The predicted octanol–water partition coefficient (Wildman–Crippen LogP) is 4.13. The van der Waals surface area contributed by atoms with E-state index in [1.807, 2.05) is 13.8 Å². The molecule has 0 unspecified atom stereocenters. The van der Waals surface area contributed by atoms with E-state index in [0.717, 1.165) is 21.4 Å². The number of aromatic nitrogens is 4. The molecule has 2 aromatic heterocycles. The minimum atomic E-state index is -2.99. The molecule has 0 saturated carbocycles. The monoisotopic (exact) mass is 453 g/mol. The maximum absolute atomic E-state index is 12.6. The first-order valence-electron chi connectivity index (χ1n) is 8.34. The van der Waals surface area contributed by atoms with Gasteiger partial charge in [0.15, 0.2) is 5.69 Å². The van der Waals surface area contributed by atoms with Crippen molar-refractivity contribution >= 4 is 27.5 Å². The first-order valence-corrected chi connectivity index (χ1v) is 9.13. The van der Waals surface area contributed by atoms with Gasteiger partial charge in [-0.1, -0.05) is 6.07 Å². The van der Waals surface area contributed by atoms with Crippen LogP contribution in [0.3, 0.4) is 0 Å². The number of halogens is 3. The molecule has 0 atom stereocenters. The molecule has 0 bridgehead atoms. The van der Waals surface area contributed by atoms with Crippen LogP contribution in [0.2, 0.25) is 0 Å². The van der Waals surface area contributed by atoms with Crippen LogP contribution in [0.5, 0.6) is 5.75 Å². The van der Waals surface area contributed by atoms with Gasteiger partial charge in [0.1, 0.15) is 12.4 Å². The molecule has 0 aliphatic rings. The van der Waals surface area contributed by atoms with E-state index in [1.54, 1.807) is 28.6 Å². The topological polar surface area (TPSA) is 74.0 Å². The van der Waals surface area contributed by atoms with Gasteiger partial charge in [-0.25, -0.2) is 4.68 Å². The van der Waals surface area contributed by atoms with E-state index in [2.05, 4.69) is 36.2 Å². The lowest BCUT2D eigenvalue weighted by Gasteiger charge is -2.12. The van der Waals surface area contributed by atoms with Crippen LogP contribution in [-0.2, 0) is 6.67 Å². The van der Waals surface area contributed by atoms with Crippen LogP contribution in [0.15, 0.2) is 34.9 Å². The maximum Gasteiger partial charge on any atom is 0.387 e. The van der Waals surface area contributed by atoms with E-state index in [9.17, 15) is 13.6 Å². The van der Waals surface area contributed by atoms with Gasteiger partial charge >= 0.3 is 6.61 Å². The number of carbonyl (C=O) groups is 1. The predicted molar refractivity (Wildman–Crippen MR) is 103 cm³/mol. The van der Waals surface area contributed by atoms with E-state index in [-0.39, 0.29) is 17.1 Å². The standard InChI is InChI=1S/C18H18BrF2N5O2/c1-10-4-5-13(15(8-10)28-18(20)21)22-17(27)14-6-7-25(24-14)9-26-12(3)16(19)11(2)23-26/h4-8,18H,9H2,1-3H3,(H,22,27). The Balaban J connectivity index is 1.75. The second-order valence-electron chi connectivity index (χ2n) is 6.20. The summed E-state index contributed by atoms with van der Waals surface area (Å²) in [6, 6.07) is 6.17. The third kappa shape index (κ3) is 4.38. The van der Waals surface area contributed by atoms with Crippen LogP contribution in [0.1, 0.15) is 27.4 Å². The number of hydrogen-bond donors (Lipinski definition) is 1. The number of ether oxygens (including phenoxy) is 1. The molecule has 0 aliphatic carbocycles. The summed E-state index contributed by atoms with van der Waals surface area (Å²) in [5.41, 5.74) is 2.81. The van der Waals surface area contributed by atoms with Crippen molar-refractivity contribution in [2.45, 2.75) is 34.1 Å². The average Bonchev–Trinajstić information content (AvgIpc) is 3.18. The number of rotatable bonds is 6. The quantitative estimate of drug-likeness (QED) is 0.608. The zero-order valence-electron chi connectivity index (χ0n) is 15.4. The molecule has 1 aromatic carbocycles. The van der Waals surface area contributed by atoms with Crippen molar-refractivity contribution in [3.8, 4) is 5.75 Å². The number of anilines is 1. The number of benzene rings is 1. The number of nitrogens with one attached hydrogen (secondary N) is 1. The SMILES string of the molecule is Cc1ccc(NC(=O)c2ccn(Cn3nc(C)c(Br)c3C)n2)c(OC(F)F)c1. The molecule has 0 aliphatic heterocycles. The molecular formula is C18H18BrF2N5O2. The van der Waals surface area contributed by atoms with Gasteiger partial charge in [0.2, 0.25) is 0 Å². The van der Waals surface area contributed by atoms with Crippen LogP contribution >= 0.6 is 15.9 Å². The highest BCUT2D eigenvalue weighted by Crippen LogP contribution is 2.27. The Morgan fingerprint density at radius 1 is 1.25 bits per heavy atom. The number of carbonyl (C=O) groups excluding carboxylic acids is 1. The second kappa shape index (κ2) is 8.09. The summed E-state index contributed by atoms with van der Waals surface area (Å²) in [4.78, 5) is 12.5. The van der Waals surface area contributed by atoms with Gasteiger partial charge in [0.25, 0.3) is 5.91 Å². The van der Waals surface area contributed by atoms with E-state index >= 15 is 0 Å². The van der Waals surface area contributed by atoms with Gasteiger partial charge in [-0.05, 0) is 60.5 Å². The molecular weight excluding hydrogens is 436 g/mol. The fraction of sp³-hybridized carbons (Fsp3) is 0.278. The van der Waals surface area contributed by atoms with E-state index in [4.69, 9.17) is 0 Å². The van der Waals surface area contributed by atoms with Crippen LogP contribution < -0.4 is 10.1 Å². The maximum atomic E-state index is 12.6. The van der Waals surface area contributed by atoms with Crippen LogP contribution in [0.25, 0.3) is 0 Å². The summed E-state index contributed by atoms with van der Waals surface area (Å²) in [5.74, 6) is -0.633. The van der Waals surface area contributed by atoms with E-state index in [0.29, 0.717) is 6.67 Å². The van der Waals surface area contributed by atoms with Gasteiger partial charge in [-0.15, -0.1) is 0 Å². The Labute approximate surface area is 168 Å². The minimum absolute atomic E-state index is 0.102. The molecule has 0 spiro atoms. The molecule has 148 valence electrons. The van der Waals surface area contributed by atoms with Gasteiger partial charge < -0.3 is 10.1 Å². The lowest BCUT2D eigenvalue weighted by molar-refractivity contribution is -0.0494. The minimum Gasteiger partial charge on any atom is -0.433 e. The summed E-state index contributed by atoms with van der Waals surface area (Å²) in [6.07, 6.45) is 1.64. The highest BCUT2D eigenvalue weighted by molar-refractivity contribution is 9.10. The molecule has 0 fully saturated rings. The van der Waals surface area contributed by atoms with E-state index < -0.39 is 12.5 Å². The smallest absolute Gasteiger partial charge is 0.387 e. The summed E-state index contributed by atoms with van der Waals surface area (Å²) in [6.45, 7) is 2.88. The molecule has 10 heteroatoms. The largest absolute Gasteiger partial charge is 0.433 e. The van der Waals surface area contributed by atoms with Crippen molar-refractivity contribution in [1.82, 2.24) is 19.6 Å². The summed E-state index contributed by atoms with van der Waals surface area (Å²) >= 11 is 3.47. The zero-order valence-corrected chi connectivity index (χ0v) is 17.0. The Morgan fingerprint density at radius 3 is 2.64 bits per heavy atom. The van der Waals surface area contributed by atoms with E-state index in [1.165, 1.54) is 18.2 Å². The van der Waals surface area contributed by atoms with Gasteiger partial charge in [-0.2, -0.15) is 19.0 Å². The Kier molecular flexibility index (Phi) is 5.78. The summed E-state index contributed by atoms with van der Waals surface area (Å²) < 4.78 is 33.9. The normalized spacial score (nSPS) is 11.1. The zero-order chi connectivity index (χ0) is 20.4. The van der Waals surface area contributed by atoms with Crippen molar-refractivity contribution in [2.75, 3.05) is 5.32 Å². The molecule has 1 N–H and O–H groups in total. The third-order valence-corrected chi connectivity index (χ3v) is 5.19. The van der Waals surface area contributed by atoms with Crippen LogP contribution in [0, 0.1) is 20.8 Å². The van der Waals surface area contributed by atoms with Crippen molar-refractivity contribution in [3.63, 3.8) is 0 Å². The molecule has 7 nitrogen and oxygen atoms in total. The molecule has 28 heavy (non-hydrogen) atoms. The van der Waals surface area contributed by atoms with Crippen molar-refractivity contribution < 1.29 is 18.3 Å². The Bertz CT molecular complexity index is 1020. The summed E-state index contributed by atoms with van der Waals surface area (Å²) in [5, 5.41) is 11.2. The highest BCUT2D eigenvalue weighted by Gasteiger charge is 2.16. The van der Waals surface area contributed by atoms with Crippen molar-refractivity contribution in [2.24, 2.45) is 0 Å². The molecule has 1 amide bonds. The first-order chi connectivity index (χ1) is 13.2. The number of alkyl halides is 2. The molecule has 3 aromatic rings. The molecule has 0 saturated heterocycles. The molecule has 0 radical (unpaired) electrons. The van der Waals surface area contributed by atoms with Gasteiger partial charge in [0.05, 0.1) is 21.5 Å². The van der Waals surface area contributed by atoms with Gasteiger partial charge in [0, 0.05) is 6.20 Å². The fourth-order valence-electron chi connectivity index (χ4n) is 2.62. The average molecular weight is 454 g/mol. The van der Waals surface area contributed by atoms with Crippen LogP contribution in [0.4, 0.5) is 14.5 Å². The second-order valence-corrected chi connectivity index (χ2v) is 6.99. The van der Waals surface area contributed by atoms with Crippen molar-refractivity contribution in [1.29, 1.82) is 0 Å². The lowest BCUT2D eigenvalue weighted by atomic mass is 10.2. The number of nitrogens with zero attached hydrogens (tertiary/aromatic N) is 4. The lowest BCUT2D eigenvalue weighted by Crippen LogP contribution is -2.16. The first kappa shape index (κ1) is 20.0.